The highest BCUT2D eigenvalue weighted by Gasteiger charge is 2.68. The maximum atomic E-state index is 11.8. The van der Waals surface area contributed by atoms with Crippen molar-refractivity contribution in [3.8, 4) is 0 Å². The molecule has 3 aliphatic rings. The van der Waals surface area contributed by atoms with Gasteiger partial charge in [-0.25, -0.2) is 0 Å². The Morgan fingerprint density at radius 1 is 0.846 bits per heavy atom. The van der Waals surface area contributed by atoms with E-state index in [1.807, 2.05) is 0 Å². The van der Waals surface area contributed by atoms with Gasteiger partial charge in [-0.1, -0.05) is 6.42 Å². The topological polar surface area (TPSA) is 34.1 Å². The number of carbonyl (C=O) groups excluding carboxylic acids is 2. The highest BCUT2D eigenvalue weighted by molar-refractivity contribution is 6.11. The molecule has 0 saturated heterocycles. The second-order valence-corrected chi connectivity index (χ2v) is 4.89. The summed E-state index contributed by atoms with van der Waals surface area (Å²) in [5.74, 6) is 0.542. The van der Waals surface area contributed by atoms with E-state index in [4.69, 9.17) is 0 Å². The molecule has 0 aromatic heterocycles. The monoisotopic (exact) mass is 178 g/mol. The lowest BCUT2D eigenvalue weighted by molar-refractivity contribution is -0.138. The third-order valence-corrected chi connectivity index (χ3v) is 4.73. The van der Waals surface area contributed by atoms with E-state index >= 15 is 0 Å². The fraction of sp³-hybridized carbons (Fsp3) is 0.818. The van der Waals surface area contributed by atoms with Crippen LogP contribution >= 0.6 is 0 Å². The molecule has 0 bridgehead atoms. The summed E-state index contributed by atoms with van der Waals surface area (Å²) in [7, 11) is 0. The summed E-state index contributed by atoms with van der Waals surface area (Å²) in [6.45, 7) is 0. The van der Waals surface area contributed by atoms with E-state index in [1.54, 1.807) is 0 Å². The molecule has 0 aromatic carbocycles. The van der Waals surface area contributed by atoms with Crippen LogP contribution in [0.4, 0.5) is 0 Å². The van der Waals surface area contributed by atoms with Crippen molar-refractivity contribution < 1.29 is 9.59 Å². The first-order valence-corrected chi connectivity index (χ1v) is 5.28. The molecule has 3 fully saturated rings. The van der Waals surface area contributed by atoms with Crippen molar-refractivity contribution in [2.75, 3.05) is 0 Å². The number of hydrogen-bond acceptors (Lipinski definition) is 2. The van der Waals surface area contributed by atoms with Crippen LogP contribution < -0.4 is 0 Å². The largest absolute Gasteiger partial charge is 0.299 e. The quantitative estimate of drug-likeness (QED) is 0.531. The summed E-state index contributed by atoms with van der Waals surface area (Å²) in [4.78, 5) is 23.7. The minimum Gasteiger partial charge on any atom is -0.299 e. The number of Topliss-reactive ketones (excluding diaryl/α,β-unsaturated/α-hetero) is 2. The second-order valence-electron chi connectivity index (χ2n) is 4.89. The Morgan fingerprint density at radius 3 is 2.00 bits per heavy atom. The van der Waals surface area contributed by atoms with Crippen LogP contribution in [0.15, 0.2) is 0 Å². The lowest BCUT2D eigenvalue weighted by atomic mass is 9.70. The molecule has 70 valence electrons. The van der Waals surface area contributed by atoms with Gasteiger partial charge in [0, 0.05) is 12.8 Å². The normalized spacial score (nSPS) is 48.3. The van der Waals surface area contributed by atoms with Gasteiger partial charge < -0.3 is 0 Å². The number of carbonyl (C=O) groups is 2. The summed E-state index contributed by atoms with van der Waals surface area (Å²) in [5, 5.41) is 0. The summed E-state index contributed by atoms with van der Waals surface area (Å²) in [6, 6.07) is 0. The summed E-state index contributed by atoms with van der Waals surface area (Å²) >= 11 is 0. The molecule has 0 unspecified atom stereocenters. The predicted octanol–water partition coefficient (Wildman–Crippen LogP) is 1.87. The van der Waals surface area contributed by atoms with Crippen molar-refractivity contribution in [1.29, 1.82) is 0 Å². The fourth-order valence-electron chi connectivity index (χ4n) is 4.13. The van der Waals surface area contributed by atoms with Gasteiger partial charge >= 0.3 is 0 Å². The average molecular weight is 178 g/mol. The maximum absolute atomic E-state index is 11.8. The van der Waals surface area contributed by atoms with Gasteiger partial charge in [0.05, 0.1) is 5.41 Å². The van der Waals surface area contributed by atoms with Gasteiger partial charge in [-0.05, 0) is 31.1 Å². The molecule has 0 aromatic rings. The zero-order chi connectivity index (χ0) is 9.10. The minimum atomic E-state index is -0.465. The van der Waals surface area contributed by atoms with Crippen molar-refractivity contribution in [3.05, 3.63) is 0 Å². The molecule has 0 amide bonds. The van der Waals surface area contributed by atoms with Crippen molar-refractivity contribution in [3.63, 3.8) is 0 Å². The highest BCUT2D eigenvalue weighted by Crippen LogP contribution is 2.67. The van der Waals surface area contributed by atoms with Crippen molar-refractivity contribution in [2.45, 2.75) is 44.9 Å². The maximum Gasteiger partial charge on any atom is 0.146 e. The van der Waals surface area contributed by atoms with Gasteiger partial charge in [-0.2, -0.15) is 0 Å². The van der Waals surface area contributed by atoms with E-state index < -0.39 is 5.41 Å². The molecule has 3 rings (SSSR count). The Bertz CT molecular complexity index is 283. The standard InChI is InChI=1S/C11H14O2/c12-8-2-6-10-4-1-5-11(8,10)9(13)3-7-10/h1-7H2. The Kier molecular flexibility index (Phi) is 1.21. The molecule has 0 N–H and O–H groups in total. The van der Waals surface area contributed by atoms with Gasteiger partial charge in [0.2, 0.25) is 0 Å². The van der Waals surface area contributed by atoms with Crippen LogP contribution in [0, 0.1) is 10.8 Å². The molecular formula is C11H14O2. The van der Waals surface area contributed by atoms with Crippen LogP contribution in [0.2, 0.25) is 0 Å². The fourth-order valence-corrected chi connectivity index (χ4v) is 4.13. The molecule has 0 heterocycles. The third kappa shape index (κ3) is 0.608. The van der Waals surface area contributed by atoms with Gasteiger partial charge in [-0.3, -0.25) is 9.59 Å². The molecular weight excluding hydrogens is 164 g/mol. The van der Waals surface area contributed by atoms with Crippen LogP contribution in [0.25, 0.3) is 0 Å². The lowest BCUT2D eigenvalue weighted by Gasteiger charge is -2.30. The van der Waals surface area contributed by atoms with E-state index in [0.29, 0.717) is 12.8 Å². The smallest absolute Gasteiger partial charge is 0.146 e. The first-order chi connectivity index (χ1) is 6.21. The average Bonchev–Trinajstić information content (AvgIpc) is 2.67. The first kappa shape index (κ1) is 7.72. The molecule has 2 nitrogen and oxygen atoms in total. The number of ketones is 2. The van der Waals surface area contributed by atoms with E-state index in [9.17, 15) is 9.59 Å². The minimum absolute atomic E-state index is 0.140. The van der Waals surface area contributed by atoms with E-state index in [0.717, 1.165) is 32.1 Å². The van der Waals surface area contributed by atoms with Crippen LogP contribution in [-0.2, 0) is 9.59 Å². The van der Waals surface area contributed by atoms with E-state index in [1.165, 1.54) is 0 Å². The number of rotatable bonds is 0. The summed E-state index contributed by atoms with van der Waals surface area (Å²) in [5.41, 5.74) is -0.325. The molecule has 2 heteroatoms. The van der Waals surface area contributed by atoms with Crippen molar-refractivity contribution in [2.24, 2.45) is 10.8 Å². The molecule has 13 heavy (non-hydrogen) atoms. The summed E-state index contributed by atoms with van der Waals surface area (Å²) < 4.78 is 0. The molecule has 3 saturated carbocycles. The predicted molar refractivity (Wildman–Crippen MR) is 47.2 cm³/mol. The van der Waals surface area contributed by atoms with Crippen molar-refractivity contribution in [1.82, 2.24) is 0 Å². The Labute approximate surface area is 77.7 Å². The van der Waals surface area contributed by atoms with Crippen LogP contribution in [0.1, 0.15) is 44.9 Å². The Morgan fingerprint density at radius 2 is 1.46 bits per heavy atom. The van der Waals surface area contributed by atoms with Crippen molar-refractivity contribution >= 4 is 11.6 Å². The van der Waals surface area contributed by atoms with Gasteiger partial charge in [0.15, 0.2) is 0 Å². The van der Waals surface area contributed by atoms with E-state index in [2.05, 4.69) is 0 Å². The third-order valence-electron chi connectivity index (χ3n) is 4.73. The van der Waals surface area contributed by atoms with Crippen LogP contribution in [-0.4, -0.2) is 11.6 Å². The molecule has 0 radical (unpaired) electrons. The molecule has 0 spiro atoms. The van der Waals surface area contributed by atoms with E-state index in [-0.39, 0.29) is 17.0 Å². The van der Waals surface area contributed by atoms with Gasteiger partial charge in [-0.15, -0.1) is 0 Å². The van der Waals surface area contributed by atoms with Crippen LogP contribution in [0.5, 0.6) is 0 Å². The highest BCUT2D eigenvalue weighted by atomic mass is 16.2. The SMILES string of the molecule is O=C1CCC23CCCC12C(=O)CC3. The summed E-state index contributed by atoms with van der Waals surface area (Å²) in [6.07, 6.45) is 6.43. The van der Waals surface area contributed by atoms with Crippen LogP contribution in [0.3, 0.4) is 0 Å². The Hall–Kier alpha value is -0.660. The molecule has 3 aliphatic carbocycles. The number of hydrogen-bond donors (Lipinski definition) is 0. The zero-order valence-electron chi connectivity index (χ0n) is 7.77. The lowest BCUT2D eigenvalue weighted by Crippen LogP contribution is -2.37. The molecule has 0 aliphatic heterocycles. The zero-order valence-corrected chi connectivity index (χ0v) is 7.77. The van der Waals surface area contributed by atoms with Gasteiger partial charge in [0.1, 0.15) is 11.6 Å². The second kappa shape index (κ2) is 2.05. The molecule has 0 atom stereocenters. The van der Waals surface area contributed by atoms with Gasteiger partial charge in [0.25, 0.3) is 0 Å². The Balaban J connectivity index is 2.20. The first-order valence-electron chi connectivity index (χ1n) is 5.28.